The first-order chi connectivity index (χ1) is 7.34. The van der Waals surface area contributed by atoms with Crippen LogP contribution in [0.15, 0.2) is 0 Å². The lowest BCUT2D eigenvalue weighted by molar-refractivity contribution is -0.141. The molecule has 0 aromatic rings. The number of aliphatic carboxylic acids is 1. The van der Waals surface area contributed by atoms with E-state index < -0.39 is 18.1 Å². The summed E-state index contributed by atoms with van der Waals surface area (Å²) in [6.45, 7) is 3.78. The highest BCUT2D eigenvalue weighted by molar-refractivity contribution is 5.83. The van der Waals surface area contributed by atoms with Crippen LogP contribution in [0.1, 0.15) is 20.3 Å². The number of rotatable bonds is 2. The Hall–Kier alpha value is -1.30. The van der Waals surface area contributed by atoms with E-state index in [-0.39, 0.29) is 25.0 Å². The fourth-order valence-corrected chi connectivity index (χ4v) is 1.68. The van der Waals surface area contributed by atoms with E-state index in [4.69, 9.17) is 5.11 Å². The minimum atomic E-state index is -1.07. The van der Waals surface area contributed by atoms with Gasteiger partial charge in [0, 0.05) is 26.1 Å². The maximum Gasteiger partial charge on any atom is 0.326 e. The van der Waals surface area contributed by atoms with Gasteiger partial charge < -0.3 is 20.0 Å². The number of urea groups is 1. The van der Waals surface area contributed by atoms with Gasteiger partial charge in [-0.2, -0.15) is 0 Å². The van der Waals surface area contributed by atoms with Crippen LogP contribution in [-0.4, -0.2) is 63.8 Å². The van der Waals surface area contributed by atoms with Gasteiger partial charge >= 0.3 is 12.0 Å². The van der Waals surface area contributed by atoms with Gasteiger partial charge in [-0.3, -0.25) is 0 Å². The van der Waals surface area contributed by atoms with Crippen LogP contribution >= 0.6 is 0 Å². The van der Waals surface area contributed by atoms with Gasteiger partial charge in [0.1, 0.15) is 6.04 Å². The fraction of sp³-hybridized carbons (Fsp3) is 0.800. The second-order valence-electron chi connectivity index (χ2n) is 4.38. The number of carbonyl (C=O) groups is 2. The molecule has 0 bridgehead atoms. The van der Waals surface area contributed by atoms with Crippen LogP contribution in [0, 0.1) is 0 Å². The Morgan fingerprint density at radius 2 is 2.00 bits per heavy atom. The predicted octanol–water partition coefficient (Wildman–Crippen LogP) is -0.0336. The zero-order chi connectivity index (χ0) is 12.5. The number of amides is 2. The van der Waals surface area contributed by atoms with Crippen LogP contribution in [0.5, 0.6) is 0 Å². The molecule has 0 saturated carbocycles. The van der Waals surface area contributed by atoms with E-state index in [9.17, 15) is 14.7 Å². The van der Waals surface area contributed by atoms with Crippen LogP contribution in [0.2, 0.25) is 0 Å². The first-order valence-electron chi connectivity index (χ1n) is 5.29. The monoisotopic (exact) mass is 230 g/mol. The predicted molar refractivity (Wildman–Crippen MR) is 57.0 cm³/mol. The number of aliphatic hydroxyl groups excluding tert-OH is 1. The molecule has 1 aliphatic rings. The van der Waals surface area contributed by atoms with E-state index >= 15 is 0 Å². The first kappa shape index (κ1) is 12.8. The summed E-state index contributed by atoms with van der Waals surface area (Å²) in [4.78, 5) is 25.5. The number of β-amino-alcohol motifs (C(OH)–C–C–N with tert-alkyl or cyclic N) is 1. The summed E-state index contributed by atoms with van der Waals surface area (Å²) in [6.07, 6.45) is -0.641. The number of likely N-dealkylation sites (tertiary alicyclic amines) is 1. The molecule has 1 saturated heterocycles. The van der Waals surface area contributed by atoms with Crippen molar-refractivity contribution in [1.82, 2.24) is 9.80 Å². The van der Waals surface area contributed by atoms with Gasteiger partial charge in [-0.05, 0) is 13.8 Å². The molecule has 1 aliphatic heterocycles. The van der Waals surface area contributed by atoms with Crippen molar-refractivity contribution in [2.24, 2.45) is 0 Å². The summed E-state index contributed by atoms with van der Waals surface area (Å²) < 4.78 is 0. The van der Waals surface area contributed by atoms with Crippen molar-refractivity contribution < 1.29 is 19.8 Å². The molecule has 6 heteroatoms. The largest absolute Gasteiger partial charge is 0.480 e. The zero-order valence-corrected chi connectivity index (χ0v) is 9.75. The van der Waals surface area contributed by atoms with Gasteiger partial charge in [-0.15, -0.1) is 0 Å². The smallest absolute Gasteiger partial charge is 0.326 e. The molecule has 2 amide bonds. The second kappa shape index (κ2) is 4.69. The molecule has 16 heavy (non-hydrogen) atoms. The summed E-state index contributed by atoms with van der Waals surface area (Å²) in [5.74, 6) is -1.07. The van der Waals surface area contributed by atoms with Gasteiger partial charge in [-0.25, -0.2) is 9.59 Å². The molecule has 2 atom stereocenters. The quantitative estimate of drug-likeness (QED) is 0.697. The average molecular weight is 230 g/mol. The van der Waals surface area contributed by atoms with Crippen LogP contribution in [0.25, 0.3) is 0 Å². The van der Waals surface area contributed by atoms with Crippen molar-refractivity contribution in [1.29, 1.82) is 0 Å². The Balaban J connectivity index is 2.78. The highest BCUT2D eigenvalue weighted by atomic mass is 16.4. The summed E-state index contributed by atoms with van der Waals surface area (Å²) >= 11 is 0. The maximum absolute atomic E-state index is 11.9. The van der Waals surface area contributed by atoms with Crippen LogP contribution in [0.3, 0.4) is 0 Å². The minimum absolute atomic E-state index is 0.000289. The number of carboxylic acids is 1. The SMILES string of the molecule is CC(C)N(C)C(=O)N1C[C@@H](O)C[C@H]1C(=O)O. The van der Waals surface area contributed by atoms with Gasteiger partial charge in [0.25, 0.3) is 0 Å². The minimum Gasteiger partial charge on any atom is -0.480 e. The number of hydrogen-bond acceptors (Lipinski definition) is 3. The summed E-state index contributed by atoms with van der Waals surface area (Å²) in [7, 11) is 1.62. The lowest BCUT2D eigenvalue weighted by Crippen LogP contribution is -2.48. The molecular formula is C10H18N2O4. The number of carboxylic acid groups (broad SMARTS) is 1. The molecule has 1 fully saturated rings. The van der Waals surface area contributed by atoms with Gasteiger partial charge in [0.2, 0.25) is 0 Å². The lowest BCUT2D eigenvalue weighted by atomic mass is 10.2. The van der Waals surface area contributed by atoms with Crippen molar-refractivity contribution in [3.8, 4) is 0 Å². The van der Waals surface area contributed by atoms with Crippen molar-refractivity contribution in [3.63, 3.8) is 0 Å². The Labute approximate surface area is 94.4 Å². The fourth-order valence-electron chi connectivity index (χ4n) is 1.68. The van der Waals surface area contributed by atoms with E-state index in [1.54, 1.807) is 7.05 Å². The third kappa shape index (κ3) is 2.44. The third-order valence-corrected chi connectivity index (χ3v) is 2.89. The lowest BCUT2D eigenvalue weighted by Gasteiger charge is -2.29. The van der Waals surface area contributed by atoms with Crippen molar-refractivity contribution in [2.75, 3.05) is 13.6 Å². The Morgan fingerprint density at radius 1 is 1.44 bits per heavy atom. The van der Waals surface area contributed by atoms with Gasteiger partial charge in [0.05, 0.1) is 6.10 Å². The molecule has 2 N–H and O–H groups in total. The number of hydrogen-bond donors (Lipinski definition) is 2. The van der Waals surface area contributed by atoms with E-state index in [2.05, 4.69) is 0 Å². The topological polar surface area (TPSA) is 81.1 Å². The molecule has 1 heterocycles. The molecule has 92 valence electrons. The van der Waals surface area contributed by atoms with Crippen molar-refractivity contribution in [2.45, 2.75) is 38.5 Å². The van der Waals surface area contributed by atoms with E-state index in [1.807, 2.05) is 13.8 Å². The molecule has 0 unspecified atom stereocenters. The van der Waals surface area contributed by atoms with E-state index in [0.29, 0.717) is 0 Å². The van der Waals surface area contributed by atoms with E-state index in [0.717, 1.165) is 0 Å². The molecule has 0 aromatic heterocycles. The maximum atomic E-state index is 11.9. The molecule has 0 aromatic carbocycles. The highest BCUT2D eigenvalue weighted by Gasteiger charge is 2.40. The first-order valence-corrected chi connectivity index (χ1v) is 5.29. The van der Waals surface area contributed by atoms with Crippen molar-refractivity contribution in [3.05, 3.63) is 0 Å². The standard InChI is InChI=1S/C10H18N2O4/c1-6(2)11(3)10(16)12-5-7(13)4-8(12)9(14)15/h6-8,13H,4-5H2,1-3H3,(H,14,15)/t7-,8-/m0/s1. The van der Waals surface area contributed by atoms with Crippen LogP contribution < -0.4 is 0 Å². The molecule has 0 aliphatic carbocycles. The Kier molecular flexibility index (Phi) is 3.74. The normalized spacial score (nSPS) is 24.9. The second-order valence-corrected chi connectivity index (χ2v) is 4.38. The van der Waals surface area contributed by atoms with Crippen LogP contribution in [0.4, 0.5) is 4.79 Å². The molecule has 1 rings (SSSR count). The molecule has 0 radical (unpaired) electrons. The van der Waals surface area contributed by atoms with Gasteiger partial charge in [0.15, 0.2) is 0 Å². The number of aliphatic hydroxyl groups is 1. The Bertz CT molecular complexity index is 293. The number of carbonyl (C=O) groups excluding carboxylic acids is 1. The highest BCUT2D eigenvalue weighted by Crippen LogP contribution is 2.20. The van der Waals surface area contributed by atoms with E-state index in [1.165, 1.54) is 9.80 Å². The summed E-state index contributed by atoms with van der Waals surface area (Å²) in [5, 5.41) is 18.4. The average Bonchev–Trinajstić information content (AvgIpc) is 2.58. The van der Waals surface area contributed by atoms with Crippen LogP contribution in [-0.2, 0) is 4.79 Å². The van der Waals surface area contributed by atoms with Gasteiger partial charge in [-0.1, -0.05) is 0 Å². The third-order valence-electron chi connectivity index (χ3n) is 2.89. The molecule has 6 nitrogen and oxygen atoms in total. The van der Waals surface area contributed by atoms with Crippen molar-refractivity contribution >= 4 is 12.0 Å². The Morgan fingerprint density at radius 3 is 2.44 bits per heavy atom. The zero-order valence-electron chi connectivity index (χ0n) is 9.75. The molecule has 0 spiro atoms. The summed E-state index contributed by atoms with van der Waals surface area (Å²) in [5.41, 5.74) is 0. The number of nitrogens with zero attached hydrogens (tertiary/aromatic N) is 2. The molecular weight excluding hydrogens is 212 g/mol. The summed E-state index contributed by atoms with van der Waals surface area (Å²) in [6, 6.07) is -1.26.